The summed E-state index contributed by atoms with van der Waals surface area (Å²) < 4.78 is 2.01. The number of aliphatic imine (C=N–C) groups is 1. The Kier molecular flexibility index (Phi) is 8.27. The Morgan fingerprint density at radius 3 is 2.77 bits per heavy atom. The number of pyridine rings is 1. The van der Waals surface area contributed by atoms with Crippen LogP contribution in [0.1, 0.15) is 30.8 Å². The number of H-pyrrole nitrogens is 1. The maximum absolute atomic E-state index is 4.71. The summed E-state index contributed by atoms with van der Waals surface area (Å²) in [6.07, 6.45) is 6.83. The number of nitrogens with zero attached hydrogens (tertiary/aromatic N) is 4. The zero-order valence-electron chi connectivity index (χ0n) is 18.1. The van der Waals surface area contributed by atoms with Crippen molar-refractivity contribution in [1.29, 1.82) is 0 Å². The molecule has 0 amide bonds. The first kappa shape index (κ1) is 23.1. The molecule has 4 aromatic rings. The average molecular weight is 531 g/mol. The molecule has 0 aliphatic carbocycles. The predicted molar refractivity (Wildman–Crippen MR) is 137 cm³/mol. The molecule has 0 radical (unpaired) electrons. The molecule has 0 atom stereocenters. The van der Waals surface area contributed by atoms with Gasteiger partial charge in [0.1, 0.15) is 5.82 Å². The highest BCUT2D eigenvalue weighted by atomic mass is 127. The molecule has 1 aromatic carbocycles. The number of guanidine groups is 1. The first-order valence-corrected chi connectivity index (χ1v) is 10.7. The fourth-order valence-corrected chi connectivity index (χ4v) is 3.76. The Morgan fingerprint density at radius 1 is 1.03 bits per heavy atom. The lowest BCUT2D eigenvalue weighted by Gasteiger charge is -2.11. The summed E-state index contributed by atoms with van der Waals surface area (Å²) in [5.74, 6) is 1.76. The largest absolute Gasteiger partial charge is 0.361 e. The Hall–Kier alpha value is -2.62. The lowest BCUT2D eigenvalue weighted by atomic mass is 10.1. The van der Waals surface area contributed by atoms with Gasteiger partial charge in [0.25, 0.3) is 0 Å². The van der Waals surface area contributed by atoms with Crippen molar-refractivity contribution in [3.05, 3.63) is 65.7 Å². The number of fused-ring (bicyclic) bond motifs is 2. The first-order chi connectivity index (χ1) is 14.8. The monoisotopic (exact) mass is 531 g/mol. The average Bonchev–Trinajstić information content (AvgIpc) is 3.38. The molecular formula is C23H30IN7. The van der Waals surface area contributed by atoms with Gasteiger partial charge in [-0.15, -0.1) is 34.2 Å². The van der Waals surface area contributed by atoms with Gasteiger partial charge in [-0.25, -0.2) is 0 Å². The van der Waals surface area contributed by atoms with Crippen LogP contribution in [0.15, 0.2) is 53.8 Å². The van der Waals surface area contributed by atoms with E-state index in [1.165, 1.54) is 22.0 Å². The van der Waals surface area contributed by atoms with Gasteiger partial charge in [0.15, 0.2) is 11.6 Å². The van der Waals surface area contributed by atoms with Crippen molar-refractivity contribution in [3.63, 3.8) is 0 Å². The summed E-state index contributed by atoms with van der Waals surface area (Å²) >= 11 is 0. The van der Waals surface area contributed by atoms with Gasteiger partial charge >= 0.3 is 0 Å². The van der Waals surface area contributed by atoms with Gasteiger partial charge in [0.05, 0.1) is 0 Å². The third kappa shape index (κ3) is 5.36. The molecule has 0 fully saturated rings. The number of para-hydroxylation sites is 1. The maximum atomic E-state index is 4.71. The van der Waals surface area contributed by atoms with Crippen LogP contribution in [-0.4, -0.2) is 45.2 Å². The van der Waals surface area contributed by atoms with E-state index in [9.17, 15) is 0 Å². The Bertz CT molecular complexity index is 1150. The molecule has 3 aromatic heterocycles. The number of hydrogen-bond donors (Lipinski definition) is 3. The van der Waals surface area contributed by atoms with Crippen molar-refractivity contribution in [2.75, 3.05) is 19.6 Å². The summed E-state index contributed by atoms with van der Waals surface area (Å²) in [5, 5.41) is 16.6. The van der Waals surface area contributed by atoms with Crippen molar-refractivity contribution < 1.29 is 0 Å². The van der Waals surface area contributed by atoms with E-state index in [1.54, 1.807) is 0 Å². The molecule has 0 saturated carbocycles. The van der Waals surface area contributed by atoms with E-state index in [2.05, 4.69) is 64.1 Å². The van der Waals surface area contributed by atoms with E-state index in [0.717, 1.165) is 49.8 Å². The minimum atomic E-state index is 0. The van der Waals surface area contributed by atoms with Crippen LogP contribution in [0.2, 0.25) is 0 Å². The zero-order chi connectivity index (χ0) is 20.8. The van der Waals surface area contributed by atoms with Crippen molar-refractivity contribution in [2.24, 2.45) is 4.99 Å². The van der Waals surface area contributed by atoms with E-state index in [1.807, 2.05) is 28.8 Å². The van der Waals surface area contributed by atoms with E-state index in [-0.39, 0.29) is 24.0 Å². The number of halogens is 1. The van der Waals surface area contributed by atoms with Crippen molar-refractivity contribution in [3.8, 4) is 0 Å². The van der Waals surface area contributed by atoms with Crippen molar-refractivity contribution in [1.82, 2.24) is 30.2 Å². The maximum Gasteiger partial charge on any atom is 0.191 e. The van der Waals surface area contributed by atoms with Crippen LogP contribution >= 0.6 is 24.0 Å². The summed E-state index contributed by atoms with van der Waals surface area (Å²) in [6, 6.07) is 12.4. The third-order valence-corrected chi connectivity index (χ3v) is 5.29. The van der Waals surface area contributed by atoms with E-state index in [4.69, 9.17) is 4.99 Å². The van der Waals surface area contributed by atoms with Gasteiger partial charge in [0, 0.05) is 49.4 Å². The van der Waals surface area contributed by atoms with Gasteiger partial charge in [-0.2, -0.15) is 0 Å². The van der Waals surface area contributed by atoms with Gasteiger partial charge in [0.2, 0.25) is 0 Å². The van der Waals surface area contributed by atoms with Crippen molar-refractivity contribution >= 4 is 46.5 Å². The Morgan fingerprint density at radius 2 is 1.94 bits per heavy atom. The lowest BCUT2D eigenvalue weighted by molar-refractivity contribution is 0.787. The van der Waals surface area contributed by atoms with Crippen LogP contribution in [0.5, 0.6) is 0 Å². The summed E-state index contributed by atoms with van der Waals surface area (Å²) in [4.78, 5) is 8.16. The number of nitrogens with one attached hydrogen (secondary N) is 3. The highest BCUT2D eigenvalue weighted by Gasteiger charge is 2.07. The topological polar surface area (TPSA) is 82.4 Å². The molecule has 7 nitrogen and oxygen atoms in total. The second kappa shape index (κ2) is 11.1. The summed E-state index contributed by atoms with van der Waals surface area (Å²) in [5.41, 5.74) is 4.82. The third-order valence-electron chi connectivity index (χ3n) is 5.29. The number of aromatic nitrogens is 4. The standard InChI is InChI=1S/C23H29N7.HI/c1-3-17-8-7-9-19-18(16-27-22(17)19)11-13-25-23(24-4-2)26-14-12-21-29-28-20-10-5-6-15-30(20)21;/h5-10,15-16,27H,3-4,11-14H2,1-2H3,(H2,24,25,26);1H. The second-order valence-electron chi connectivity index (χ2n) is 7.24. The van der Waals surface area contributed by atoms with Crippen LogP contribution < -0.4 is 10.6 Å². The van der Waals surface area contributed by atoms with Crippen molar-refractivity contribution in [2.45, 2.75) is 33.1 Å². The molecule has 0 unspecified atom stereocenters. The minimum absolute atomic E-state index is 0. The first-order valence-electron chi connectivity index (χ1n) is 10.7. The van der Waals surface area contributed by atoms with Gasteiger partial charge in [-0.1, -0.05) is 31.2 Å². The summed E-state index contributed by atoms with van der Waals surface area (Å²) in [7, 11) is 0. The molecule has 0 spiro atoms. The molecule has 0 bridgehead atoms. The SMILES string of the molecule is CCNC(=NCCc1nnc2ccccn12)NCCc1c[nH]c2c(CC)cccc12.I. The van der Waals surface area contributed by atoms with E-state index >= 15 is 0 Å². The van der Waals surface area contributed by atoms with E-state index < -0.39 is 0 Å². The smallest absolute Gasteiger partial charge is 0.191 e. The van der Waals surface area contributed by atoms with Gasteiger partial charge < -0.3 is 15.6 Å². The number of hydrogen-bond acceptors (Lipinski definition) is 3. The van der Waals surface area contributed by atoms with Crippen LogP contribution in [0.3, 0.4) is 0 Å². The Labute approximate surface area is 199 Å². The molecule has 0 saturated heterocycles. The second-order valence-corrected chi connectivity index (χ2v) is 7.24. The number of aromatic amines is 1. The van der Waals surface area contributed by atoms with Gasteiger partial charge in [-0.05, 0) is 43.0 Å². The number of rotatable bonds is 8. The quantitative estimate of drug-likeness (QED) is 0.184. The number of benzene rings is 1. The molecule has 4 rings (SSSR count). The molecule has 0 aliphatic heterocycles. The normalized spacial score (nSPS) is 11.6. The van der Waals surface area contributed by atoms with Gasteiger partial charge in [-0.3, -0.25) is 9.39 Å². The van der Waals surface area contributed by atoms with Crippen LogP contribution in [0, 0.1) is 0 Å². The highest BCUT2D eigenvalue weighted by Crippen LogP contribution is 2.22. The fraction of sp³-hybridized carbons (Fsp3) is 0.348. The zero-order valence-corrected chi connectivity index (χ0v) is 20.4. The molecule has 0 aliphatic rings. The molecular weight excluding hydrogens is 501 g/mol. The minimum Gasteiger partial charge on any atom is -0.361 e. The van der Waals surface area contributed by atoms with E-state index in [0.29, 0.717) is 6.54 Å². The Balaban J connectivity index is 0.00000272. The molecule has 31 heavy (non-hydrogen) atoms. The molecule has 164 valence electrons. The summed E-state index contributed by atoms with van der Waals surface area (Å²) in [6.45, 7) is 6.57. The number of aryl methyl sites for hydroxylation is 1. The van der Waals surface area contributed by atoms with Crippen LogP contribution in [0.4, 0.5) is 0 Å². The fourth-order valence-electron chi connectivity index (χ4n) is 3.76. The molecule has 3 N–H and O–H groups in total. The molecule has 8 heteroatoms. The predicted octanol–water partition coefficient (Wildman–Crippen LogP) is 3.73. The lowest BCUT2D eigenvalue weighted by Crippen LogP contribution is -2.38. The molecule has 3 heterocycles. The highest BCUT2D eigenvalue weighted by molar-refractivity contribution is 14.0. The van der Waals surface area contributed by atoms with Crippen LogP contribution in [0.25, 0.3) is 16.6 Å². The van der Waals surface area contributed by atoms with Crippen LogP contribution in [-0.2, 0) is 19.3 Å².